The number of nitrogens with zero attached hydrogens (tertiary/aromatic N) is 7. The Hall–Kier alpha value is -2.51. The Bertz CT molecular complexity index is 922. The summed E-state index contributed by atoms with van der Waals surface area (Å²) in [5.74, 6) is 0. The molecule has 7 nitrogen and oxygen atoms in total. The molecule has 0 N–H and O–H groups in total. The second kappa shape index (κ2) is 7.48. The summed E-state index contributed by atoms with van der Waals surface area (Å²) in [4.78, 5) is 16.4. The number of hydrogen-bond acceptors (Lipinski definition) is 6. The second-order valence-electron chi connectivity index (χ2n) is 7.93. The summed E-state index contributed by atoms with van der Waals surface area (Å²) in [5, 5.41) is 4.54. The van der Waals surface area contributed by atoms with Crippen LogP contribution in [0.15, 0.2) is 43.1 Å². The molecule has 2 fully saturated rings. The minimum absolute atomic E-state index is 0.727. The number of hydrogen-bond donors (Lipinski definition) is 0. The maximum absolute atomic E-state index is 4.73. The summed E-state index contributed by atoms with van der Waals surface area (Å²) in [6, 6.07) is 4.72. The van der Waals surface area contributed by atoms with Gasteiger partial charge in [-0.25, -0.2) is 9.50 Å². The van der Waals surface area contributed by atoms with Gasteiger partial charge in [-0.1, -0.05) is 0 Å². The van der Waals surface area contributed by atoms with E-state index in [0.717, 1.165) is 41.6 Å². The summed E-state index contributed by atoms with van der Waals surface area (Å²) in [6.07, 6.45) is 12.1. The SMILES string of the molecule is CN1CCN(C2CCN(c3cnc4c(-c5ccncc5)cnn4c3)CC2)CC1. The molecule has 3 aromatic rings. The van der Waals surface area contributed by atoms with Gasteiger partial charge in [0.05, 0.1) is 24.3 Å². The average Bonchev–Trinajstić information content (AvgIpc) is 3.18. The Balaban J connectivity index is 1.28. The zero-order chi connectivity index (χ0) is 18.9. The van der Waals surface area contributed by atoms with E-state index in [9.17, 15) is 0 Å². The highest BCUT2D eigenvalue weighted by molar-refractivity contribution is 5.76. The molecule has 0 bridgehead atoms. The zero-order valence-corrected chi connectivity index (χ0v) is 16.4. The van der Waals surface area contributed by atoms with Gasteiger partial charge in [-0.05, 0) is 37.6 Å². The lowest BCUT2D eigenvalue weighted by Gasteiger charge is -2.42. The van der Waals surface area contributed by atoms with Gasteiger partial charge in [0.15, 0.2) is 5.65 Å². The minimum atomic E-state index is 0.727. The van der Waals surface area contributed by atoms with E-state index in [4.69, 9.17) is 4.98 Å². The van der Waals surface area contributed by atoms with E-state index in [2.05, 4.69) is 38.0 Å². The van der Waals surface area contributed by atoms with Crippen LogP contribution in [0.25, 0.3) is 16.8 Å². The van der Waals surface area contributed by atoms with Gasteiger partial charge in [-0.2, -0.15) is 5.10 Å². The zero-order valence-electron chi connectivity index (χ0n) is 16.4. The van der Waals surface area contributed by atoms with Gasteiger partial charge >= 0.3 is 0 Å². The van der Waals surface area contributed by atoms with Crippen molar-refractivity contribution < 1.29 is 0 Å². The lowest BCUT2D eigenvalue weighted by atomic mass is 10.0. The number of piperidine rings is 1. The molecule has 146 valence electrons. The van der Waals surface area contributed by atoms with E-state index in [1.165, 1.54) is 39.0 Å². The summed E-state index contributed by atoms with van der Waals surface area (Å²) >= 11 is 0. The summed E-state index contributed by atoms with van der Waals surface area (Å²) in [5.41, 5.74) is 4.19. The first kappa shape index (κ1) is 17.6. The van der Waals surface area contributed by atoms with Crippen molar-refractivity contribution in [2.24, 2.45) is 0 Å². The first-order chi connectivity index (χ1) is 13.8. The molecule has 0 amide bonds. The molecule has 2 aliphatic rings. The summed E-state index contributed by atoms with van der Waals surface area (Å²) in [6.45, 7) is 6.98. The Morgan fingerprint density at radius 1 is 0.929 bits per heavy atom. The van der Waals surface area contributed by atoms with Crippen molar-refractivity contribution >= 4 is 11.3 Å². The Labute approximate surface area is 165 Å². The van der Waals surface area contributed by atoms with E-state index < -0.39 is 0 Å². The Morgan fingerprint density at radius 2 is 1.68 bits per heavy atom. The Kier molecular flexibility index (Phi) is 4.70. The van der Waals surface area contributed by atoms with Crippen LogP contribution in [0, 0.1) is 0 Å². The molecule has 0 spiro atoms. The largest absolute Gasteiger partial charge is 0.369 e. The van der Waals surface area contributed by atoms with Crippen molar-refractivity contribution in [1.29, 1.82) is 0 Å². The fourth-order valence-electron chi connectivity index (χ4n) is 4.44. The molecule has 0 aliphatic carbocycles. The number of likely N-dealkylation sites (N-methyl/N-ethyl adjacent to an activating group) is 1. The molecule has 2 saturated heterocycles. The van der Waals surface area contributed by atoms with Crippen LogP contribution in [0.5, 0.6) is 0 Å². The lowest BCUT2D eigenvalue weighted by Crippen LogP contribution is -2.52. The molecule has 3 aromatic heterocycles. The van der Waals surface area contributed by atoms with Gasteiger partial charge in [0.25, 0.3) is 0 Å². The van der Waals surface area contributed by atoms with Crippen molar-refractivity contribution in [1.82, 2.24) is 29.4 Å². The first-order valence-electron chi connectivity index (χ1n) is 10.2. The van der Waals surface area contributed by atoms with Gasteiger partial charge < -0.3 is 9.80 Å². The quantitative estimate of drug-likeness (QED) is 0.696. The third kappa shape index (κ3) is 3.36. The van der Waals surface area contributed by atoms with Gasteiger partial charge in [0.1, 0.15) is 0 Å². The molecular weight excluding hydrogens is 350 g/mol. The van der Waals surface area contributed by atoms with Crippen molar-refractivity contribution in [3.63, 3.8) is 0 Å². The summed E-state index contributed by atoms with van der Waals surface area (Å²) < 4.78 is 1.90. The van der Waals surface area contributed by atoms with Crippen LogP contribution in [0.4, 0.5) is 5.69 Å². The number of rotatable bonds is 3. The predicted molar refractivity (Wildman–Crippen MR) is 111 cm³/mol. The molecule has 7 heteroatoms. The third-order valence-electron chi connectivity index (χ3n) is 6.22. The predicted octanol–water partition coefficient (Wildman–Crippen LogP) is 2.01. The maximum atomic E-state index is 4.73. The highest BCUT2D eigenvalue weighted by Gasteiger charge is 2.27. The van der Waals surface area contributed by atoms with Crippen LogP contribution >= 0.6 is 0 Å². The van der Waals surface area contributed by atoms with Gasteiger partial charge in [-0.15, -0.1) is 0 Å². The average molecular weight is 377 g/mol. The van der Waals surface area contributed by atoms with E-state index in [1.807, 2.05) is 29.0 Å². The van der Waals surface area contributed by atoms with Crippen LogP contribution in [-0.2, 0) is 0 Å². The van der Waals surface area contributed by atoms with Crippen LogP contribution in [-0.4, -0.2) is 81.7 Å². The van der Waals surface area contributed by atoms with E-state index in [0.29, 0.717) is 0 Å². The topological polar surface area (TPSA) is 52.8 Å². The van der Waals surface area contributed by atoms with Crippen molar-refractivity contribution in [2.75, 3.05) is 51.2 Å². The standard InChI is InChI=1S/C21H27N7/c1-25-10-12-27(13-11-25)18-4-8-26(9-5-18)19-14-23-21-20(15-24-28(21)16-19)17-2-6-22-7-3-17/h2-3,6-7,14-16,18H,4-5,8-13H2,1H3. The van der Waals surface area contributed by atoms with E-state index >= 15 is 0 Å². The number of aromatic nitrogens is 4. The van der Waals surface area contributed by atoms with Crippen LogP contribution in [0.2, 0.25) is 0 Å². The normalized spacial score (nSPS) is 20.1. The Morgan fingerprint density at radius 3 is 2.43 bits per heavy atom. The molecule has 28 heavy (non-hydrogen) atoms. The second-order valence-corrected chi connectivity index (χ2v) is 7.93. The molecular formula is C21H27N7. The number of fused-ring (bicyclic) bond motifs is 1. The molecule has 0 saturated carbocycles. The fourth-order valence-corrected chi connectivity index (χ4v) is 4.44. The first-order valence-corrected chi connectivity index (χ1v) is 10.2. The fraction of sp³-hybridized carbons (Fsp3) is 0.476. The van der Waals surface area contributed by atoms with Gasteiger partial charge in [-0.3, -0.25) is 9.88 Å². The molecule has 2 aliphatic heterocycles. The van der Waals surface area contributed by atoms with Crippen LogP contribution < -0.4 is 4.90 Å². The molecule has 0 aromatic carbocycles. The minimum Gasteiger partial charge on any atom is -0.369 e. The summed E-state index contributed by atoms with van der Waals surface area (Å²) in [7, 11) is 2.22. The molecule has 0 atom stereocenters. The van der Waals surface area contributed by atoms with E-state index in [-0.39, 0.29) is 0 Å². The van der Waals surface area contributed by atoms with Crippen molar-refractivity contribution in [3.05, 3.63) is 43.1 Å². The monoisotopic (exact) mass is 377 g/mol. The van der Waals surface area contributed by atoms with Gasteiger partial charge in [0.2, 0.25) is 0 Å². The molecule has 0 radical (unpaired) electrons. The molecule has 5 heterocycles. The number of piperazine rings is 1. The van der Waals surface area contributed by atoms with Crippen LogP contribution in [0.3, 0.4) is 0 Å². The highest BCUT2D eigenvalue weighted by atomic mass is 15.3. The molecule has 0 unspecified atom stereocenters. The molecule has 5 rings (SSSR count). The van der Waals surface area contributed by atoms with Crippen molar-refractivity contribution in [3.8, 4) is 11.1 Å². The number of pyridine rings is 1. The van der Waals surface area contributed by atoms with E-state index in [1.54, 1.807) is 12.4 Å². The van der Waals surface area contributed by atoms with Crippen LogP contribution in [0.1, 0.15) is 12.8 Å². The number of anilines is 1. The van der Waals surface area contributed by atoms with Gasteiger partial charge in [0, 0.05) is 63.3 Å². The highest BCUT2D eigenvalue weighted by Crippen LogP contribution is 2.26. The third-order valence-corrected chi connectivity index (χ3v) is 6.22. The maximum Gasteiger partial charge on any atom is 0.162 e. The van der Waals surface area contributed by atoms with Crippen molar-refractivity contribution in [2.45, 2.75) is 18.9 Å². The smallest absolute Gasteiger partial charge is 0.162 e. The lowest BCUT2D eigenvalue weighted by molar-refractivity contribution is 0.0982.